The van der Waals surface area contributed by atoms with Gasteiger partial charge in [-0.15, -0.1) is 10.1 Å². The fraction of sp³-hybridized carbons (Fsp3) is 0.946. The Hall–Kier alpha value is -1.22. The van der Waals surface area contributed by atoms with E-state index in [0.29, 0.717) is 32.3 Å². The normalized spacial score (nSPS) is 21.9. The van der Waals surface area contributed by atoms with E-state index in [0.717, 1.165) is 57.8 Å². The molecule has 2 rings (SSSR count). The maximum absolute atomic E-state index is 12.7. The molecule has 0 aromatic heterocycles. The summed E-state index contributed by atoms with van der Waals surface area (Å²) in [6.07, 6.45) is 17.1. The molecule has 0 bridgehead atoms. The molecule has 0 aliphatic carbocycles. The second kappa shape index (κ2) is 18.4. The molecule has 2 saturated heterocycles. The summed E-state index contributed by atoms with van der Waals surface area (Å²) >= 11 is 0. The highest BCUT2D eigenvalue weighted by Gasteiger charge is 2.49. The maximum Gasteiger partial charge on any atom is 0.306 e. The number of hydroxylamine groups is 2. The number of esters is 2. The van der Waals surface area contributed by atoms with Crippen molar-refractivity contribution in [3.63, 3.8) is 0 Å². The lowest BCUT2D eigenvalue weighted by Crippen LogP contribution is -2.62. The zero-order valence-electron chi connectivity index (χ0n) is 30.9. The Morgan fingerprint density at radius 1 is 0.578 bits per heavy atom. The van der Waals surface area contributed by atoms with E-state index in [1.807, 2.05) is 5.06 Å². The molecule has 8 nitrogen and oxygen atoms in total. The Bertz CT molecular complexity index is 850. The van der Waals surface area contributed by atoms with Crippen LogP contribution in [0.2, 0.25) is 0 Å². The van der Waals surface area contributed by atoms with Gasteiger partial charge in [0.25, 0.3) is 0 Å². The van der Waals surface area contributed by atoms with Crippen LogP contribution >= 0.6 is 0 Å². The first-order valence-electron chi connectivity index (χ1n) is 18.2. The van der Waals surface area contributed by atoms with Crippen LogP contribution in [0.25, 0.3) is 0 Å². The fourth-order valence-electron chi connectivity index (χ4n) is 7.59. The van der Waals surface area contributed by atoms with E-state index in [2.05, 4.69) is 74.3 Å². The molecule has 0 spiro atoms. The van der Waals surface area contributed by atoms with E-state index in [1.165, 1.54) is 32.1 Å². The molecule has 0 amide bonds. The summed E-state index contributed by atoms with van der Waals surface area (Å²) < 4.78 is 11.8. The zero-order chi connectivity index (χ0) is 33.7. The third-order valence-electron chi connectivity index (χ3n) is 10.1. The molecule has 2 fully saturated rings. The van der Waals surface area contributed by atoms with Crippen LogP contribution in [0.3, 0.4) is 0 Å². The van der Waals surface area contributed by atoms with Gasteiger partial charge in [-0.05, 0) is 81.7 Å². The number of hydrogen-bond acceptors (Lipinski definition) is 8. The predicted molar refractivity (Wildman–Crippen MR) is 181 cm³/mol. The second-order valence-electron chi connectivity index (χ2n) is 16.4. The molecular formula is C37H70N2O6. The maximum atomic E-state index is 12.7. The van der Waals surface area contributed by atoms with E-state index >= 15 is 0 Å². The Morgan fingerprint density at radius 2 is 0.956 bits per heavy atom. The molecule has 0 N–H and O–H groups in total. The molecule has 0 saturated carbocycles. The van der Waals surface area contributed by atoms with Gasteiger partial charge in [0.15, 0.2) is 0 Å². The molecule has 0 unspecified atom stereocenters. The minimum Gasteiger partial charge on any atom is -0.462 e. The molecule has 264 valence electrons. The summed E-state index contributed by atoms with van der Waals surface area (Å²) in [5, 5.41) is 1.96. The van der Waals surface area contributed by atoms with Crippen molar-refractivity contribution in [2.75, 3.05) is 13.7 Å². The van der Waals surface area contributed by atoms with Crippen LogP contribution in [0.15, 0.2) is 0 Å². The molecule has 0 radical (unpaired) electrons. The van der Waals surface area contributed by atoms with Gasteiger partial charge in [-0.25, -0.2) is 4.89 Å². The van der Waals surface area contributed by atoms with Crippen molar-refractivity contribution in [3.8, 4) is 0 Å². The Morgan fingerprint density at radius 3 is 1.40 bits per heavy atom. The molecule has 0 atom stereocenters. The van der Waals surface area contributed by atoms with Gasteiger partial charge in [-0.2, -0.15) is 0 Å². The second-order valence-corrected chi connectivity index (χ2v) is 16.4. The minimum atomic E-state index is -0.319. The lowest BCUT2D eigenvalue weighted by Gasteiger charge is -2.53. The average molecular weight is 639 g/mol. The van der Waals surface area contributed by atoms with Crippen LogP contribution in [-0.2, 0) is 28.9 Å². The third kappa shape index (κ3) is 13.8. The number of likely N-dealkylation sites (tertiary alicyclic amines) is 1. The largest absolute Gasteiger partial charge is 0.462 e. The first kappa shape index (κ1) is 40.0. The highest BCUT2D eigenvalue weighted by atomic mass is 17.3. The van der Waals surface area contributed by atoms with Crippen LogP contribution in [0, 0.1) is 0 Å². The van der Waals surface area contributed by atoms with Gasteiger partial charge >= 0.3 is 11.9 Å². The molecule has 2 aliphatic heterocycles. The quantitative estimate of drug-likeness (QED) is 0.0566. The zero-order valence-corrected chi connectivity index (χ0v) is 30.9. The van der Waals surface area contributed by atoms with E-state index < -0.39 is 0 Å². The molecule has 45 heavy (non-hydrogen) atoms. The number of hydrogen-bond donors (Lipinski definition) is 0. The SMILES string of the molecule is CCCCCCCCOON1C(C)(C)CC(OC(=O)CCCCCCCCC(=O)OC2CC(C)(C)N(C)C(C)(C)C2)CC1(C)C. The van der Waals surface area contributed by atoms with Crippen LogP contribution in [0.1, 0.15) is 178 Å². The number of carbonyl (C=O) groups is 2. The summed E-state index contributed by atoms with van der Waals surface area (Å²) in [4.78, 5) is 39.0. The number of carbonyl (C=O) groups excluding carboxylic acids is 2. The molecule has 2 aliphatic rings. The standard InChI is InChI=1S/C37H70N2O6/c1-11-12-13-14-19-22-25-42-45-39-36(6,7)28-31(29-37(39,8)9)44-33(41)24-21-18-16-15-17-20-23-32(40)43-30-26-34(2,3)38(10)35(4,5)27-30/h30-31H,11-29H2,1-10H3. The Balaban J connectivity index is 1.56. The monoisotopic (exact) mass is 639 g/mol. The van der Waals surface area contributed by atoms with Crippen LogP contribution in [0.4, 0.5) is 0 Å². The van der Waals surface area contributed by atoms with Crippen molar-refractivity contribution >= 4 is 11.9 Å². The summed E-state index contributed by atoms with van der Waals surface area (Å²) in [6.45, 7) is 20.2. The highest BCUT2D eigenvalue weighted by molar-refractivity contribution is 5.69. The van der Waals surface area contributed by atoms with Crippen molar-refractivity contribution in [2.24, 2.45) is 0 Å². The van der Waals surface area contributed by atoms with Crippen molar-refractivity contribution in [1.29, 1.82) is 0 Å². The van der Waals surface area contributed by atoms with Crippen molar-refractivity contribution in [3.05, 3.63) is 0 Å². The molecule has 2 heterocycles. The highest BCUT2D eigenvalue weighted by Crippen LogP contribution is 2.40. The van der Waals surface area contributed by atoms with Gasteiger partial charge < -0.3 is 9.47 Å². The topological polar surface area (TPSA) is 77.5 Å². The molecular weight excluding hydrogens is 568 g/mol. The predicted octanol–water partition coefficient (Wildman–Crippen LogP) is 9.09. The lowest BCUT2D eigenvalue weighted by molar-refractivity contribution is -0.477. The number of rotatable bonds is 20. The first-order chi connectivity index (χ1) is 21.0. The van der Waals surface area contributed by atoms with E-state index in [4.69, 9.17) is 19.3 Å². The number of piperidine rings is 2. The van der Waals surface area contributed by atoms with Crippen molar-refractivity contribution < 1.29 is 28.9 Å². The van der Waals surface area contributed by atoms with E-state index in [1.54, 1.807) is 0 Å². The van der Waals surface area contributed by atoms with Crippen LogP contribution in [0.5, 0.6) is 0 Å². The van der Waals surface area contributed by atoms with Crippen molar-refractivity contribution in [1.82, 2.24) is 9.96 Å². The van der Waals surface area contributed by atoms with Gasteiger partial charge in [0.05, 0.1) is 6.61 Å². The van der Waals surface area contributed by atoms with E-state index in [-0.39, 0.29) is 46.3 Å². The lowest BCUT2D eigenvalue weighted by atomic mass is 9.79. The summed E-state index contributed by atoms with van der Waals surface area (Å²) in [5.41, 5.74) is -0.609. The van der Waals surface area contributed by atoms with Crippen LogP contribution in [-0.4, -0.2) is 69.9 Å². The molecule has 0 aromatic rings. The van der Waals surface area contributed by atoms with Gasteiger partial charge in [0.2, 0.25) is 0 Å². The number of unbranched alkanes of at least 4 members (excludes halogenated alkanes) is 10. The van der Waals surface area contributed by atoms with Gasteiger partial charge in [-0.1, -0.05) is 64.7 Å². The molecule has 8 heteroatoms. The number of ether oxygens (including phenoxy) is 2. The summed E-state index contributed by atoms with van der Waals surface area (Å²) in [7, 11) is 2.16. The van der Waals surface area contributed by atoms with Crippen LogP contribution < -0.4 is 0 Å². The summed E-state index contributed by atoms with van der Waals surface area (Å²) in [6, 6.07) is 0. The van der Waals surface area contributed by atoms with E-state index in [9.17, 15) is 9.59 Å². The van der Waals surface area contributed by atoms with Crippen molar-refractivity contribution in [2.45, 2.75) is 212 Å². The van der Waals surface area contributed by atoms with Gasteiger partial charge in [0.1, 0.15) is 12.2 Å². The molecule has 0 aromatic carbocycles. The average Bonchev–Trinajstić information content (AvgIpc) is 2.90. The fourth-order valence-corrected chi connectivity index (χ4v) is 7.59. The number of nitrogens with zero attached hydrogens (tertiary/aromatic N) is 2. The first-order valence-corrected chi connectivity index (χ1v) is 18.2. The van der Waals surface area contributed by atoms with Gasteiger partial charge in [0, 0.05) is 60.7 Å². The third-order valence-corrected chi connectivity index (χ3v) is 10.1. The Kier molecular flexibility index (Phi) is 16.3. The smallest absolute Gasteiger partial charge is 0.306 e. The summed E-state index contributed by atoms with van der Waals surface area (Å²) in [5.74, 6) is -0.174. The minimum absolute atomic E-state index is 0.00906. The Labute approximate surface area is 276 Å². The van der Waals surface area contributed by atoms with Gasteiger partial charge in [-0.3, -0.25) is 14.5 Å².